The van der Waals surface area contributed by atoms with Gasteiger partial charge in [-0.3, -0.25) is 18.9 Å². The number of aliphatic imine (C=N–C) groups is 1. The van der Waals surface area contributed by atoms with Crippen molar-refractivity contribution in [2.45, 2.75) is 31.7 Å². The van der Waals surface area contributed by atoms with Gasteiger partial charge in [-0.05, 0) is 12.8 Å². The molecule has 0 saturated heterocycles. The van der Waals surface area contributed by atoms with E-state index < -0.39 is 11.2 Å². The number of anilines is 1. The Labute approximate surface area is 105 Å². The van der Waals surface area contributed by atoms with Gasteiger partial charge in [0, 0.05) is 26.4 Å². The van der Waals surface area contributed by atoms with Gasteiger partial charge in [0.05, 0.1) is 5.56 Å². The number of nitrogens with zero attached hydrogens (tertiary/aromatic N) is 3. The van der Waals surface area contributed by atoms with Gasteiger partial charge in [0.25, 0.3) is 5.56 Å². The summed E-state index contributed by atoms with van der Waals surface area (Å²) in [6.45, 7) is 0. The Bertz CT molecular complexity index is 591. The van der Waals surface area contributed by atoms with Gasteiger partial charge in [0.2, 0.25) is 0 Å². The molecule has 0 aliphatic heterocycles. The molecule has 0 bridgehead atoms. The third-order valence-corrected chi connectivity index (χ3v) is 3.49. The van der Waals surface area contributed by atoms with Crippen molar-refractivity contribution >= 4 is 12.0 Å². The monoisotopic (exact) mass is 250 g/mol. The number of hydrogen-bond acceptors (Lipinski definition) is 4. The molecule has 0 spiro atoms. The van der Waals surface area contributed by atoms with E-state index in [2.05, 4.69) is 4.99 Å². The van der Waals surface area contributed by atoms with Crippen molar-refractivity contribution in [3.05, 3.63) is 26.4 Å². The molecule has 98 valence electrons. The summed E-state index contributed by atoms with van der Waals surface area (Å²) in [4.78, 5) is 28.0. The van der Waals surface area contributed by atoms with Crippen LogP contribution < -0.4 is 17.0 Å². The Morgan fingerprint density at radius 1 is 1.22 bits per heavy atom. The van der Waals surface area contributed by atoms with Gasteiger partial charge in [-0.2, -0.15) is 0 Å². The first kappa shape index (κ1) is 12.6. The SMILES string of the molecule is Cn1c(N)c(C=NC2CCCC2)c(=O)n(C)c1=O. The third kappa shape index (κ3) is 2.10. The molecule has 2 rings (SSSR count). The Hall–Kier alpha value is -1.85. The van der Waals surface area contributed by atoms with Crippen LogP contribution in [0.2, 0.25) is 0 Å². The molecule has 6 nitrogen and oxygen atoms in total. The topological polar surface area (TPSA) is 82.4 Å². The van der Waals surface area contributed by atoms with E-state index in [1.165, 1.54) is 30.7 Å². The molecule has 18 heavy (non-hydrogen) atoms. The molecule has 6 heteroatoms. The van der Waals surface area contributed by atoms with Crippen LogP contribution in [-0.4, -0.2) is 21.4 Å². The lowest BCUT2D eigenvalue weighted by atomic mass is 10.2. The molecular weight excluding hydrogens is 232 g/mol. The van der Waals surface area contributed by atoms with Crippen LogP contribution in [0.5, 0.6) is 0 Å². The average molecular weight is 250 g/mol. The highest BCUT2D eigenvalue weighted by molar-refractivity contribution is 5.85. The first-order chi connectivity index (χ1) is 8.52. The minimum atomic E-state index is -0.421. The van der Waals surface area contributed by atoms with Crippen LogP contribution in [-0.2, 0) is 14.1 Å². The minimum absolute atomic E-state index is 0.171. The quantitative estimate of drug-likeness (QED) is 0.752. The van der Waals surface area contributed by atoms with Crippen LogP contribution in [0.4, 0.5) is 5.82 Å². The lowest BCUT2D eigenvalue weighted by Crippen LogP contribution is -2.40. The van der Waals surface area contributed by atoms with E-state index in [4.69, 9.17) is 5.73 Å². The summed E-state index contributed by atoms with van der Waals surface area (Å²) < 4.78 is 2.31. The van der Waals surface area contributed by atoms with Crippen molar-refractivity contribution in [2.24, 2.45) is 19.1 Å². The summed E-state index contributed by atoms with van der Waals surface area (Å²) in [6.07, 6.45) is 6.00. The summed E-state index contributed by atoms with van der Waals surface area (Å²) >= 11 is 0. The first-order valence-electron chi connectivity index (χ1n) is 6.11. The highest BCUT2D eigenvalue weighted by Crippen LogP contribution is 2.20. The van der Waals surface area contributed by atoms with E-state index in [-0.39, 0.29) is 11.9 Å². The molecule has 0 amide bonds. The molecule has 0 unspecified atom stereocenters. The predicted molar refractivity (Wildman–Crippen MR) is 71.2 cm³/mol. The molecule has 1 fully saturated rings. The number of aromatic nitrogens is 2. The molecule has 0 aromatic carbocycles. The average Bonchev–Trinajstić information content (AvgIpc) is 2.87. The number of nitrogen functional groups attached to an aromatic ring is 1. The molecule has 1 aromatic heterocycles. The molecule has 1 aromatic rings. The second-order valence-electron chi connectivity index (χ2n) is 4.72. The fourth-order valence-electron chi connectivity index (χ4n) is 2.24. The van der Waals surface area contributed by atoms with E-state index in [0.29, 0.717) is 5.56 Å². The normalized spacial score (nSPS) is 16.8. The van der Waals surface area contributed by atoms with Gasteiger partial charge in [0.15, 0.2) is 0 Å². The second-order valence-corrected chi connectivity index (χ2v) is 4.72. The zero-order valence-electron chi connectivity index (χ0n) is 10.7. The maximum absolute atomic E-state index is 11.9. The summed E-state index contributed by atoms with van der Waals surface area (Å²) in [5.74, 6) is 0.171. The maximum atomic E-state index is 11.9. The molecule has 1 saturated carbocycles. The molecule has 0 radical (unpaired) electrons. The van der Waals surface area contributed by atoms with Crippen molar-refractivity contribution in [1.29, 1.82) is 0 Å². The smallest absolute Gasteiger partial charge is 0.332 e. The maximum Gasteiger partial charge on any atom is 0.332 e. The zero-order valence-corrected chi connectivity index (χ0v) is 10.7. The van der Waals surface area contributed by atoms with Crippen LogP contribution in [0.3, 0.4) is 0 Å². The fourth-order valence-corrected chi connectivity index (χ4v) is 2.24. The minimum Gasteiger partial charge on any atom is -0.384 e. The van der Waals surface area contributed by atoms with Crippen molar-refractivity contribution in [3.63, 3.8) is 0 Å². The van der Waals surface area contributed by atoms with Crippen molar-refractivity contribution < 1.29 is 0 Å². The van der Waals surface area contributed by atoms with Gasteiger partial charge in [-0.1, -0.05) is 12.8 Å². The van der Waals surface area contributed by atoms with Gasteiger partial charge in [-0.25, -0.2) is 4.79 Å². The molecule has 1 aliphatic carbocycles. The molecular formula is C12H18N4O2. The highest BCUT2D eigenvalue weighted by atomic mass is 16.2. The van der Waals surface area contributed by atoms with Gasteiger partial charge in [0.1, 0.15) is 5.82 Å². The Morgan fingerprint density at radius 3 is 2.44 bits per heavy atom. The Balaban J connectivity index is 2.44. The Morgan fingerprint density at radius 2 is 1.83 bits per heavy atom. The van der Waals surface area contributed by atoms with Crippen LogP contribution in [0.25, 0.3) is 0 Å². The summed E-state index contributed by atoms with van der Waals surface area (Å²) in [7, 11) is 2.99. The second kappa shape index (κ2) is 4.80. The fraction of sp³-hybridized carbons (Fsp3) is 0.583. The lowest BCUT2D eigenvalue weighted by molar-refractivity contribution is 0.689. The molecule has 1 aliphatic rings. The van der Waals surface area contributed by atoms with E-state index in [9.17, 15) is 9.59 Å². The third-order valence-electron chi connectivity index (χ3n) is 3.49. The molecule has 0 atom stereocenters. The van der Waals surface area contributed by atoms with Gasteiger partial charge >= 0.3 is 5.69 Å². The van der Waals surface area contributed by atoms with Gasteiger partial charge < -0.3 is 5.73 Å². The van der Waals surface area contributed by atoms with E-state index >= 15 is 0 Å². The lowest BCUT2D eigenvalue weighted by Gasteiger charge is -2.09. The largest absolute Gasteiger partial charge is 0.384 e. The predicted octanol–water partition coefficient (Wildman–Crippen LogP) is 0.0277. The number of nitrogens with two attached hydrogens (primary N) is 1. The van der Waals surface area contributed by atoms with Crippen LogP contribution in [0.1, 0.15) is 31.2 Å². The summed E-state index contributed by atoms with van der Waals surface area (Å²) in [5, 5.41) is 0. The summed E-state index contributed by atoms with van der Waals surface area (Å²) in [5.41, 5.74) is 5.28. The number of rotatable bonds is 2. The van der Waals surface area contributed by atoms with Gasteiger partial charge in [-0.15, -0.1) is 0 Å². The van der Waals surface area contributed by atoms with E-state index in [1.54, 1.807) is 7.05 Å². The van der Waals surface area contributed by atoms with Crippen LogP contribution >= 0.6 is 0 Å². The van der Waals surface area contributed by atoms with E-state index in [1.807, 2.05) is 0 Å². The number of hydrogen-bond donors (Lipinski definition) is 1. The zero-order chi connectivity index (χ0) is 13.3. The highest BCUT2D eigenvalue weighted by Gasteiger charge is 2.15. The molecule has 2 N–H and O–H groups in total. The van der Waals surface area contributed by atoms with Crippen LogP contribution in [0, 0.1) is 0 Å². The standard InChI is InChI=1S/C12H18N4O2/c1-15-10(13)9(11(17)16(2)12(15)18)7-14-8-5-3-4-6-8/h7-8H,3-6,13H2,1-2H3. The molecule has 1 heterocycles. The Kier molecular flexibility index (Phi) is 3.36. The van der Waals surface area contributed by atoms with Crippen molar-refractivity contribution in [1.82, 2.24) is 9.13 Å². The van der Waals surface area contributed by atoms with Crippen molar-refractivity contribution in [3.8, 4) is 0 Å². The van der Waals surface area contributed by atoms with E-state index in [0.717, 1.165) is 17.4 Å². The van der Waals surface area contributed by atoms with Crippen LogP contribution in [0.15, 0.2) is 14.6 Å². The summed E-state index contributed by atoms with van der Waals surface area (Å²) in [6, 6.07) is 0.284. The first-order valence-corrected chi connectivity index (χ1v) is 6.11. The van der Waals surface area contributed by atoms with Crippen molar-refractivity contribution in [2.75, 3.05) is 5.73 Å².